The number of aromatic nitrogens is 1. The van der Waals surface area contributed by atoms with E-state index in [2.05, 4.69) is 4.98 Å². The highest BCUT2D eigenvalue weighted by atomic mass is 16.5. The Morgan fingerprint density at radius 1 is 1.45 bits per heavy atom. The number of hydrogen-bond acceptors (Lipinski definition) is 3. The van der Waals surface area contributed by atoms with Crippen LogP contribution in [0, 0.1) is 0 Å². The summed E-state index contributed by atoms with van der Waals surface area (Å²) in [5.41, 5.74) is 0.870. The average molecular weight is 278 g/mol. The first kappa shape index (κ1) is 14.8. The van der Waals surface area contributed by atoms with Crippen LogP contribution in [0.1, 0.15) is 31.2 Å². The molecule has 1 N–H and O–H groups in total. The van der Waals surface area contributed by atoms with Crippen LogP contribution in [0.15, 0.2) is 23.1 Å². The van der Waals surface area contributed by atoms with Crippen LogP contribution < -0.4 is 5.56 Å². The van der Waals surface area contributed by atoms with Crippen molar-refractivity contribution in [1.29, 1.82) is 0 Å². The molecule has 5 heteroatoms. The van der Waals surface area contributed by atoms with Crippen molar-refractivity contribution in [3.8, 4) is 0 Å². The maximum absolute atomic E-state index is 12.3. The number of methoxy groups -OCH3 is 1. The van der Waals surface area contributed by atoms with Crippen LogP contribution >= 0.6 is 0 Å². The van der Waals surface area contributed by atoms with Crippen molar-refractivity contribution in [2.45, 2.75) is 38.1 Å². The summed E-state index contributed by atoms with van der Waals surface area (Å²) < 4.78 is 5.20. The van der Waals surface area contributed by atoms with Gasteiger partial charge in [0.05, 0.1) is 12.6 Å². The van der Waals surface area contributed by atoms with E-state index in [0.717, 1.165) is 31.4 Å². The zero-order chi connectivity index (χ0) is 14.4. The van der Waals surface area contributed by atoms with Crippen LogP contribution in [-0.2, 0) is 16.0 Å². The number of aryl methyl sites for hydroxylation is 1. The Bertz CT molecular complexity index is 476. The number of carbonyl (C=O) groups is 1. The second-order valence-electron chi connectivity index (χ2n) is 5.25. The van der Waals surface area contributed by atoms with E-state index in [4.69, 9.17) is 4.74 Å². The van der Waals surface area contributed by atoms with E-state index in [0.29, 0.717) is 19.4 Å². The molecule has 1 aliphatic rings. The van der Waals surface area contributed by atoms with Crippen LogP contribution in [0.25, 0.3) is 0 Å². The largest absolute Gasteiger partial charge is 0.383 e. The Morgan fingerprint density at radius 3 is 3.00 bits per heavy atom. The average Bonchev–Trinajstić information content (AvgIpc) is 2.47. The fourth-order valence-corrected chi connectivity index (χ4v) is 2.69. The first-order valence-electron chi connectivity index (χ1n) is 7.16. The summed E-state index contributed by atoms with van der Waals surface area (Å²) in [6.07, 6.45) is 6.08. The summed E-state index contributed by atoms with van der Waals surface area (Å²) in [5, 5.41) is 0. The molecule has 0 aliphatic carbocycles. The Kier molecular flexibility index (Phi) is 5.35. The van der Waals surface area contributed by atoms with E-state index in [1.807, 2.05) is 4.90 Å². The lowest BCUT2D eigenvalue weighted by atomic mass is 10.0. The third-order valence-corrected chi connectivity index (χ3v) is 3.78. The molecule has 0 saturated carbocycles. The molecule has 1 amide bonds. The number of nitrogens with one attached hydrogen (secondary N) is 1. The fourth-order valence-electron chi connectivity index (χ4n) is 2.69. The van der Waals surface area contributed by atoms with Crippen molar-refractivity contribution < 1.29 is 9.53 Å². The highest BCUT2D eigenvalue weighted by molar-refractivity contribution is 5.76. The number of pyridine rings is 1. The number of amides is 1. The second-order valence-corrected chi connectivity index (χ2v) is 5.25. The van der Waals surface area contributed by atoms with Crippen LogP contribution in [0.2, 0.25) is 0 Å². The van der Waals surface area contributed by atoms with E-state index in [9.17, 15) is 9.59 Å². The van der Waals surface area contributed by atoms with Gasteiger partial charge in [-0.05, 0) is 31.2 Å². The topological polar surface area (TPSA) is 62.4 Å². The van der Waals surface area contributed by atoms with Gasteiger partial charge in [0.25, 0.3) is 0 Å². The van der Waals surface area contributed by atoms with E-state index in [1.165, 1.54) is 6.07 Å². The van der Waals surface area contributed by atoms with E-state index in [1.54, 1.807) is 19.4 Å². The summed E-state index contributed by atoms with van der Waals surface area (Å²) in [6.45, 7) is 1.45. The Balaban J connectivity index is 1.89. The molecule has 1 unspecified atom stereocenters. The highest BCUT2D eigenvalue weighted by Gasteiger charge is 2.25. The predicted octanol–water partition coefficient (Wildman–Crippen LogP) is 1.33. The molecule has 5 nitrogen and oxygen atoms in total. The van der Waals surface area contributed by atoms with Gasteiger partial charge in [-0.3, -0.25) is 9.59 Å². The number of H-pyrrole nitrogens is 1. The van der Waals surface area contributed by atoms with Gasteiger partial charge in [-0.1, -0.05) is 6.07 Å². The van der Waals surface area contributed by atoms with Crippen LogP contribution in [0.4, 0.5) is 0 Å². The Labute approximate surface area is 118 Å². The Morgan fingerprint density at radius 2 is 2.30 bits per heavy atom. The maximum Gasteiger partial charge on any atom is 0.247 e. The second kappa shape index (κ2) is 7.24. The van der Waals surface area contributed by atoms with Crippen molar-refractivity contribution in [1.82, 2.24) is 9.88 Å². The van der Waals surface area contributed by atoms with Crippen molar-refractivity contribution in [3.05, 3.63) is 34.2 Å². The standard InChI is InChI=1S/C15H22N2O3/c1-20-11-13-4-2-3-9-17(13)15(19)8-6-12-5-7-14(18)16-10-12/h5,7,10,13H,2-4,6,8-9,11H2,1H3,(H,16,18). The monoisotopic (exact) mass is 278 g/mol. The van der Waals surface area contributed by atoms with E-state index >= 15 is 0 Å². The number of nitrogens with zero attached hydrogens (tertiary/aromatic N) is 1. The normalized spacial score (nSPS) is 19.1. The van der Waals surface area contributed by atoms with Crippen LogP contribution in [0.5, 0.6) is 0 Å². The van der Waals surface area contributed by atoms with Gasteiger partial charge in [-0.25, -0.2) is 0 Å². The number of aromatic amines is 1. The number of hydrogen-bond donors (Lipinski definition) is 1. The molecule has 1 aromatic heterocycles. The van der Waals surface area contributed by atoms with Gasteiger partial charge in [0.15, 0.2) is 0 Å². The molecule has 0 spiro atoms. The Hall–Kier alpha value is -1.62. The lowest BCUT2D eigenvalue weighted by Crippen LogP contribution is -2.46. The van der Waals surface area contributed by atoms with Crippen LogP contribution in [-0.4, -0.2) is 42.1 Å². The zero-order valence-electron chi connectivity index (χ0n) is 11.9. The number of piperidine rings is 1. The van der Waals surface area contributed by atoms with Gasteiger partial charge in [0.2, 0.25) is 11.5 Å². The first-order valence-corrected chi connectivity index (χ1v) is 7.16. The van der Waals surface area contributed by atoms with Crippen molar-refractivity contribution in [2.24, 2.45) is 0 Å². The summed E-state index contributed by atoms with van der Waals surface area (Å²) in [7, 11) is 1.68. The van der Waals surface area contributed by atoms with Gasteiger partial charge in [-0.15, -0.1) is 0 Å². The molecule has 2 rings (SSSR count). The van der Waals surface area contributed by atoms with Crippen LogP contribution in [0.3, 0.4) is 0 Å². The first-order chi connectivity index (χ1) is 9.70. The lowest BCUT2D eigenvalue weighted by molar-refractivity contribution is -0.136. The number of carbonyl (C=O) groups excluding carboxylic acids is 1. The number of ether oxygens (including phenoxy) is 1. The molecule has 1 aliphatic heterocycles. The van der Waals surface area contributed by atoms with Gasteiger partial charge in [0, 0.05) is 32.3 Å². The molecule has 20 heavy (non-hydrogen) atoms. The number of rotatable bonds is 5. The molecule has 0 aromatic carbocycles. The molecule has 1 aromatic rings. The molecule has 1 fully saturated rings. The van der Waals surface area contributed by atoms with Gasteiger partial charge in [-0.2, -0.15) is 0 Å². The summed E-state index contributed by atoms with van der Waals surface area (Å²) in [5.74, 6) is 0.179. The van der Waals surface area contributed by atoms with Crippen molar-refractivity contribution in [3.63, 3.8) is 0 Å². The SMILES string of the molecule is COCC1CCCCN1C(=O)CCc1ccc(=O)[nH]c1. The minimum absolute atomic E-state index is 0.115. The van der Waals surface area contributed by atoms with Gasteiger partial charge < -0.3 is 14.6 Å². The summed E-state index contributed by atoms with van der Waals surface area (Å²) in [4.78, 5) is 27.9. The predicted molar refractivity (Wildman–Crippen MR) is 76.6 cm³/mol. The molecule has 110 valence electrons. The molecule has 0 radical (unpaired) electrons. The molecular formula is C15H22N2O3. The van der Waals surface area contributed by atoms with Gasteiger partial charge >= 0.3 is 0 Å². The van der Waals surface area contributed by atoms with Crippen molar-refractivity contribution >= 4 is 5.91 Å². The summed E-state index contributed by atoms with van der Waals surface area (Å²) in [6, 6.07) is 3.49. The fraction of sp³-hybridized carbons (Fsp3) is 0.600. The molecule has 0 bridgehead atoms. The zero-order valence-corrected chi connectivity index (χ0v) is 11.9. The molecule has 2 heterocycles. The van der Waals surface area contributed by atoms with Gasteiger partial charge in [0.1, 0.15) is 0 Å². The third kappa shape index (κ3) is 3.93. The van der Waals surface area contributed by atoms with E-state index < -0.39 is 0 Å². The molecular weight excluding hydrogens is 256 g/mol. The molecule has 1 saturated heterocycles. The third-order valence-electron chi connectivity index (χ3n) is 3.78. The molecule has 1 atom stereocenters. The highest BCUT2D eigenvalue weighted by Crippen LogP contribution is 2.18. The lowest BCUT2D eigenvalue weighted by Gasteiger charge is -2.35. The minimum atomic E-state index is -0.115. The maximum atomic E-state index is 12.3. The minimum Gasteiger partial charge on any atom is -0.383 e. The van der Waals surface area contributed by atoms with E-state index in [-0.39, 0.29) is 17.5 Å². The smallest absolute Gasteiger partial charge is 0.247 e. The number of likely N-dealkylation sites (tertiary alicyclic amines) is 1. The van der Waals surface area contributed by atoms with Crippen molar-refractivity contribution in [2.75, 3.05) is 20.3 Å². The quantitative estimate of drug-likeness (QED) is 0.884. The summed E-state index contributed by atoms with van der Waals surface area (Å²) >= 11 is 0.